The van der Waals surface area contributed by atoms with Crippen molar-refractivity contribution in [3.8, 4) is 34.5 Å². The first-order valence-electron chi connectivity index (χ1n) is 41.2. The number of carbonyl (C=O) groups is 9. The van der Waals surface area contributed by atoms with Crippen LogP contribution in [0, 0.1) is 23.7 Å². The van der Waals surface area contributed by atoms with Crippen molar-refractivity contribution in [1.82, 2.24) is 5.32 Å². The van der Waals surface area contributed by atoms with Crippen molar-refractivity contribution in [2.75, 3.05) is 72.0 Å². The molecule has 0 spiro atoms. The van der Waals surface area contributed by atoms with E-state index in [0.29, 0.717) is 102 Å². The largest absolute Gasteiger partial charge is 0.491 e. The molecule has 10 rings (SSSR count). The van der Waals surface area contributed by atoms with Crippen molar-refractivity contribution in [2.45, 2.75) is 154 Å². The molecule has 648 valence electrons. The maximum Gasteiger partial charge on any atom is 0.412 e. The molecule has 0 aliphatic rings. The predicted octanol–water partition coefficient (Wildman–Crippen LogP) is 21.3. The number of fused-ring (bicyclic) bond motifs is 2. The highest BCUT2D eigenvalue weighted by Crippen LogP contribution is 2.37. The van der Waals surface area contributed by atoms with Gasteiger partial charge >= 0.3 is 18.2 Å². The number of carbonyl (C=O) groups excluding carboxylic acids is 9. The first-order chi connectivity index (χ1) is 58.5. The third-order valence-electron chi connectivity index (χ3n) is 18.1. The highest BCUT2D eigenvalue weighted by atomic mass is 16.6. The van der Waals surface area contributed by atoms with E-state index in [4.69, 9.17) is 42.6 Å². The molecule has 0 bridgehead atoms. The van der Waals surface area contributed by atoms with Crippen LogP contribution >= 0.6 is 0 Å². The van der Waals surface area contributed by atoms with Crippen LogP contribution < -0.4 is 65.6 Å². The van der Waals surface area contributed by atoms with E-state index in [1.807, 2.05) is 140 Å². The highest BCUT2D eigenvalue weighted by molar-refractivity contribution is 6.10. The van der Waals surface area contributed by atoms with Gasteiger partial charge in [0.05, 0.1) is 73.2 Å². The molecule has 7 amide bonds. The van der Waals surface area contributed by atoms with Crippen LogP contribution in [0.15, 0.2) is 194 Å². The lowest BCUT2D eigenvalue weighted by molar-refractivity contribution is -0.117. The van der Waals surface area contributed by atoms with E-state index < -0.39 is 53.0 Å². The molecule has 0 aromatic heterocycles. The molecule has 25 heteroatoms. The van der Waals surface area contributed by atoms with Crippen molar-refractivity contribution in [3.05, 3.63) is 239 Å². The molecule has 0 unspecified atom stereocenters. The Morgan fingerprint density at radius 3 is 0.919 bits per heavy atom. The fourth-order valence-corrected chi connectivity index (χ4v) is 12.0. The number of nitrogens with one attached hydrogen (secondary N) is 7. The Morgan fingerprint density at radius 2 is 0.610 bits per heavy atom. The normalized spacial score (nSPS) is 11.2. The number of Topliss-reactive ketones (excluding diaryl/α,β-unsaturated/α-hetero) is 1. The number of methoxy groups -OCH3 is 1. The summed E-state index contributed by atoms with van der Waals surface area (Å²) in [6, 6.07) is 56.3. The lowest BCUT2D eigenvalue weighted by Crippen LogP contribution is -2.27. The smallest absolute Gasteiger partial charge is 0.412 e. The van der Waals surface area contributed by atoms with Gasteiger partial charge in [-0.2, -0.15) is 0 Å². The maximum absolute atomic E-state index is 14.0. The lowest BCUT2D eigenvalue weighted by Gasteiger charge is -2.21. The van der Waals surface area contributed by atoms with Crippen LogP contribution in [0.4, 0.5) is 43.7 Å². The third-order valence-corrected chi connectivity index (χ3v) is 18.1. The van der Waals surface area contributed by atoms with Crippen LogP contribution in [0.5, 0.6) is 34.5 Å². The molecule has 0 saturated heterocycles. The van der Waals surface area contributed by atoms with Crippen molar-refractivity contribution >= 4 is 109 Å². The Morgan fingerprint density at radius 1 is 0.317 bits per heavy atom. The number of unbranched alkanes of at least 4 members (excludes halogenated alkanes) is 2. The molecule has 0 atom stereocenters. The zero-order valence-electron chi connectivity index (χ0n) is 72.9. The minimum absolute atomic E-state index is 0.131. The van der Waals surface area contributed by atoms with Gasteiger partial charge in [0.1, 0.15) is 64.7 Å². The van der Waals surface area contributed by atoms with Gasteiger partial charge in [0.25, 0.3) is 29.5 Å². The molecule has 10 aromatic rings. The number of amides is 7. The quantitative estimate of drug-likeness (QED) is 0.0109. The van der Waals surface area contributed by atoms with Crippen molar-refractivity contribution in [2.24, 2.45) is 23.7 Å². The topological polar surface area (TPSA) is 321 Å². The number of hydrogen-bond acceptors (Lipinski definition) is 18. The first-order valence-corrected chi connectivity index (χ1v) is 41.2. The summed E-state index contributed by atoms with van der Waals surface area (Å²) in [5, 5.41) is 24.3. The summed E-state index contributed by atoms with van der Waals surface area (Å²) in [6.45, 7) is 30.2. The molecule has 123 heavy (non-hydrogen) atoms. The first kappa shape index (κ1) is 93.4. The van der Waals surface area contributed by atoms with Crippen LogP contribution in [-0.2, 0) is 32.2 Å². The SMILES string of the molecule is CC(=O)CCCCCNC(=O)c1ccc(NC(=O)c2ccc(NC(=O)c3ccc(NC(=O)OC(C)(C)C)c(OCC(C)C)c3)c(OCc3ccc4ccccc4c3)c2)c(OCC(C)C)c1.COC(=O)c1ccc(NC(=O)c2ccc(NC(=O)c3ccc(NC(=O)OC(C)(C)C)c(OCC(C)C)c3)c(OCc3ccc4ccccc4c3)c2)c(OCC(C)C)c1. The molecule has 0 heterocycles. The number of ketones is 1. The van der Waals surface area contributed by atoms with Gasteiger partial charge < -0.3 is 74.0 Å². The number of benzene rings is 10. The molecule has 0 saturated carbocycles. The zero-order valence-corrected chi connectivity index (χ0v) is 72.9. The average molecular weight is 1680 g/mol. The van der Waals surface area contributed by atoms with Crippen LogP contribution in [0.3, 0.4) is 0 Å². The van der Waals surface area contributed by atoms with Gasteiger partial charge in [-0.25, -0.2) is 14.4 Å². The number of rotatable bonds is 36. The Labute approximate surface area is 719 Å². The minimum atomic E-state index is -0.720. The Kier molecular flexibility index (Phi) is 33.6. The van der Waals surface area contributed by atoms with Crippen LogP contribution in [-0.4, -0.2) is 105 Å². The summed E-state index contributed by atoms with van der Waals surface area (Å²) in [6.07, 6.45) is 1.57. The predicted molar refractivity (Wildman–Crippen MR) is 481 cm³/mol. The van der Waals surface area contributed by atoms with Gasteiger partial charge in [-0.15, -0.1) is 0 Å². The van der Waals surface area contributed by atoms with Crippen LogP contribution in [0.1, 0.15) is 203 Å². The van der Waals surface area contributed by atoms with E-state index >= 15 is 0 Å². The third kappa shape index (κ3) is 29.7. The lowest BCUT2D eigenvalue weighted by atomic mass is 10.1. The van der Waals surface area contributed by atoms with E-state index in [1.165, 1.54) is 13.2 Å². The Hall–Kier alpha value is -13.5. The molecule has 0 aliphatic carbocycles. The van der Waals surface area contributed by atoms with Crippen molar-refractivity contribution in [3.63, 3.8) is 0 Å². The number of hydrogen-bond donors (Lipinski definition) is 7. The molecule has 7 N–H and O–H groups in total. The fraction of sp³-hybridized carbons (Fsp3) is 0.337. The fourth-order valence-electron chi connectivity index (χ4n) is 12.0. The maximum atomic E-state index is 14.0. The molecule has 10 aromatic carbocycles. The molecule has 0 radical (unpaired) electrons. The Balaban J connectivity index is 0.000000281. The second kappa shape index (κ2) is 44.2. The highest BCUT2D eigenvalue weighted by Gasteiger charge is 2.26. The van der Waals surface area contributed by atoms with Gasteiger partial charge in [-0.1, -0.05) is 135 Å². The van der Waals surface area contributed by atoms with Gasteiger partial charge in [0, 0.05) is 40.8 Å². The summed E-state index contributed by atoms with van der Waals surface area (Å²) in [5.41, 5.74) is 3.97. The standard InChI is InChI=1S/C52H62N4O9.C46H51N3O9/c1-33(2)30-62-45-27-39(48(58)53-25-13-9-10-14-35(5)57)19-22-42(45)54-49(59)40-20-23-43(46(28-40)64-32-36-17-18-37-15-11-12-16-38(37)26-36)55-50(60)41-21-24-44(47(29-41)63-31-34(3)4)56-51(61)65-52(6,7)8;1-28(2)25-55-40-23-34(16-19-38(40)49-45(53)58-46(5,6)7)43(51)47-36-18-15-33(22-39(36)57-27-30-13-14-31-11-9-10-12-32(31)21-30)42(50)48-37-20-17-35(44(52)54-8)24-41(37)56-26-29(3)4/h11-12,15-24,26-29,33-34H,9-10,13-14,25,30-32H2,1-8H3,(H,53,58)(H,54,59)(H,55,60)(H,56,61);9-24,28-29H,25-27H2,1-8H3,(H,47,51)(H,48,50)(H,49,53). The van der Waals surface area contributed by atoms with E-state index in [2.05, 4.69) is 37.2 Å². The molecular weight excluding hydrogens is 1560 g/mol. The number of esters is 1. The molecule has 0 aliphatic heterocycles. The number of anilines is 6. The summed E-state index contributed by atoms with van der Waals surface area (Å²) in [4.78, 5) is 117. The summed E-state index contributed by atoms with van der Waals surface area (Å²) in [5.74, 6) is -0.186. The van der Waals surface area contributed by atoms with E-state index in [1.54, 1.807) is 152 Å². The van der Waals surface area contributed by atoms with E-state index in [-0.39, 0.29) is 87.9 Å². The molecule has 25 nitrogen and oxygen atoms in total. The van der Waals surface area contributed by atoms with Crippen molar-refractivity contribution < 1.29 is 85.8 Å². The van der Waals surface area contributed by atoms with Gasteiger partial charge in [0.15, 0.2) is 0 Å². The second-order valence-corrected chi connectivity index (χ2v) is 33.4. The van der Waals surface area contributed by atoms with Gasteiger partial charge in [-0.3, -0.25) is 34.6 Å². The monoisotopic (exact) mass is 1680 g/mol. The molecule has 0 fully saturated rings. The summed E-state index contributed by atoms with van der Waals surface area (Å²) in [7, 11) is 1.29. The number of ether oxygens (including phenoxy) is 9. The molecular formula is C98H113N7O18. The van der Waals surface area contributed by atoms with E-state index in [0.717, 1.165) is 51.9 Å². The van der Waals surface area contributed by atoms with Gasteiger partial charge in [-0.05, 0) is 239 Å². The summed E-state index contributed by atoms with van der Waals surface area (Å²) < 4.78 is 52.5. The van der Waals surface area contributed by atoms with E-state index in [9.17, 15) is 43.2 Å². The van der Waals surface area contributed by atoms with Crippen LogP contribution in [0.2, 0.25) is 0 Å². The van der Waals surface area contributed by atoms with Crippen LogP contribution in [0.25, 0.3) is 21.5 Å². The summed E-state index contributed by atoms with van der Waals surface area (Å²) >= 11 is 0. The minimum Gasteiger partial charge on any atom is -0.491 e. The van der Waals surface area contributed by atoms with Crippen molar-refractivity contribution in [1.29, 1.82) is 0 Å². The Bertz CT molecular complexity index is 5410. The average Bonchev–Trinajstić information content (AvgIpc) is 0.813. The second-order valence-electron chi connectivity index (χ2n) is 33.4. The zero-order chi connectivity index (χ0) is 89.1. The van der Waals surface area contributed by atoms with Gasteiger partial charge in [0.2, 0.25) is 0 Å².